The van der Waals surface area contributed by atoms with Crippen molar-refractivity contribution in [2.24, 2.45) is 0 Å². The zero-order chi connectivity index (χ0) is 88.5. The Morgan fingerprint density at radius 1 is 0.142 bits per heavy atom. The number of fused-ring (bicyclic) bond motifs is 32. The first-order chi connectivity index (χ1) is 66.0. The summed E-state index contributed by atoms with van der Waals surface area (Å²) in [5, 5.41) is 35.2. The Hall–Kier alpha value is -16.8. The van der Waals surface area contributed by atoms with Crippen molar-refractivity contribution in [1.29, 1.82) is 0 Å². The second kappa shape index (κ2) is 28.9. The highest BCUT2D eigenvalue weighted by atomic mass is 16.3. The molecule has 2 aromatic heterocycles. The highest BCUT2D eigenvalue weighted by Gasteiger charge is 2.41. The molecule has 2 aliphatic carbocycles. The average Bonchev–Trinajstić information content (AvgIpc) is 1.54. The number of furan rings is 2. The Kier molecular flexibility index (Phi) is 16.4. The standard InChI is InChI=1S/C69H44O.C63H40O/c1-69(2)62-33-30-41(38-61(62)67-52-24-9-7-21-49(52)50-22-8-14-29-57(50)68(67)69)42-31-34-63-59(37-42)60-40-46(32-35-64(60)70-63)66-55-27-12-10-25-53(55)65(54-26-11-13-28-56(54)66)45-18-15-17-43(36-45)58-39-44-16-3-4-19-47(44)48-20-5-6-23-51(48)58;1-63(2)56-30-26-38(35-55(56)61-47-17-7-5-15-45(47)46-16-6-12-22-52(46)62(61)63)39-27-31-57-53(34-39)54-36-42(28-32-58(54)64-57)60-50-20-10-8-18-48(50)59(49-19-9-11-21-51(49)60)41-25-29-44-40(33-41)24-23-37-13-3-4-14-43(37)44/h3-40H,1-2H3;3-36H,1-2H3. The third-order valence-electron chi connectivity index (χ3n) is 30.3. The molecule has 25 aromatic carbocycles. The van der Waals surface area contributed by atoms with E-state index < -0.39 is 0 Å². The lowest BCUT2D eigenvalue weighted by atomic mass is 9.79. The Morgan fingerprint density at radius 2 is 0.403 bits per heavy atom. The van der Waals surface area contributed by atoms with E-state index in [1.165, 1.54) is 252 Å². The van der Waals surface area contributed by atoms with Crippen LogP contribution >= 0.6 is 0 Å². The van der Waals surface area contributed by atoms with Crippen molar-refractivity contribution in [3.63, 3.8) is 0 Å². The van der Waals surface area contributed by atoms with Crippen molar-refractivity contribution in [3.8, 4) is 100 Å². The van der Waals surface area contributed by atoms with Gasteiger partial charge in [0.1, 0.15) is 22.3 Å². The van der Waals surface area contributed by atoms with E-state index in [9.17, 15) is 0 Å². The third-order valence-corrected chi connectivity index (χ3v) is 30.3. The molecule has 0 amide bonds. The van der Waals surface area contributed by atoms with Crippen LogP contribution in [-0.4, -0.2) is 0 Å². The molecule has 0 saturated carbocycles. The number of rotatable bonds is 7. The number of benzene rings is 25. The van der Waals surface area contributed by atoms with Gasteiger partial charge in [-0.25, -0.2) is 0 Å². The van der Waals surface area contributed by atoms with E-state index in [4.69, 9.17) is 8.83 Å². The third kappa shape index (κ3) is 11.2. The van der Waals surface area contributed by atoms with Crippen molar-refractivity contribution in [3.05, 3.63) is 459 Å². The van der Waals surface area contributed by atoms with Crippen molar-refractivity contribution in [1.82, 2.24) is 0 Å². The lowest BCUT2D eigenvalue weighted by Crippen LogP contribution is -2.15. The summed E-state index contributed by atoms with van der Waals surface area (Å²) in [6.45, 7) is 9.58. The molecule has 0 saturated heterocycles. The quantitative estimate of drug-likeness (QED) is 0.117. The summed E-state index contributed by atoms with van der Waals surface area (Å²) in [6, 6.07) is 162. The smallest absolute Gasteiger partial charge is 0.135 e. The monoisotopic (exact) mass is 1700 g/mol. The molecule has 0 unspecified atom stereocenters. The Bertz CT molecular complexity index is 9730. The molecule has 29 rings (SSSR count). The van der Waals surface area contributed by atoms with Crippen molar-refractivity contribution in [2.45, 2.75) is 38.5 Å². The minimum absolute atomic E-state index is 0.134. The van der Waals surface area contributed by atoms with Gasteiger partial charge >= 0.3 is 0 Å². The fourth-order valence-corrected chi connectivity index (χ4v) is 24.4. The zero-order valence-electron chi connectivity index (χ0n) is 74.4. The molecule has 0 fully saturated rings. The van der Waals surface area contributed by atoms with Gasteiger partial charge in [0.05, 0.1) is 0 Å². The molecular formula is C132H84O2. The highest BCUT2D eigenvalue weighted by Crippen LogP contribution is 2.59. The predicted molar refractivity (Wildman–Crippen MR) is 571 cm³/mol. The van der Waals surface area contributed by atoms with E-state index in [-0.39, 0.29) is 10.8 Å². The topological polar surface area (TPSA) is 26.3 Å². The maximum absolute atomic E-state index is 6.62. The zero-order valence-corrected chi connectivity index (χ0v) is 74.4. The molecule has 0 N–H and O–H groups in total. The Morgan fingerprint density at radius 3 is 0.821 bits per heavy atom. The molecule has 2 aliphatic rings. The van der Waals surface area contributed by atoms with Crippen LogP contribution in [0.2, 0.25) is 0 Å². The van der Waals surface area contributed by atoms with Crippen LogP contribution in [0, 0.1) is 0 Å². The van der Waals surface area contributed by atoms with Crippen LogP contribution in [0.3, 0.4) is 0 Å². The molecule has 0 bridgehead atoms. The van der Waals surface area contributed by atoms with E-state index >= 15 is 0 Å². The first kappa shape index (κ1) is 76.1. The van der Waals surface area contributed by atoms with Crippen LogP contribution in [-0.2, 0) is 10.8 Å². The molecule has 134 heavy (non-hydrogen) atoms. The van der Waals surface area contributed by atoms with Crippen LogP contribution in [0.5, 0.6) is 0 Å². The Balaban J connectivity index is 0.000000134. The second-order valence-electron chi connectivity index (χ2n) is 38.2. The summed E-state index contributed by atoms with van der Waals surface area (Å²) in [6.07, 6.45) is 0. The van der Waals surface area contributed by atoms with Crippen molar-refractivity contribution >= 4 is 173 Å². The molecule has 2 heterocycles. The van der Waals surface area contributed by atoms with E-state index in [2.05, 4.69) is 464 Å². The summed E-state index contributed by atoms with van der Waals surface area (Å²) >= 11 is 0. The van der Waals surface area contributed by atoms with Crippen LogP contribution in [0.15, 0.2) is 446 Å². The number of hydrogen-bond acceptors (Lipinski definition) is 2. The maximum Gasteiger partial charge on any atom is 0.135 e. The fraction of sp³-hybridized carbons (Fsp3) is 0.0455. The van der Waals surface area contributed by atoms with Crippen molar-refractivity contribution < 1.29 is 8.83 Å². The van der Waals surface area contributed by atoms with Crippen molar-refractivity contribution in [2.75, 3.05) is 0 Å². The van der Waals surface area contributed by atoms with E-state index in [0.29, 0.717) is 0 Å². The van der Waals surface area contributed by atoms with Gasteiger partial charge in [-0.2, -0.15) is 0 Å². The van der Waals surface area contributed by atoms with E-state index in [0.717, 1.165) is 43.9 Å². The van der Waals surface area contributed by atoms with Gasteiger partial charge in [0.25, 0.3) is 0 Å². The Labute approximate surface area is 774 Å². The predicted octanol–water partition coefficient (Wildman–Crippen LogP) is 37.3. The molecule has 0 spiro atoms. The lowest BCUT2D eigenvalue weighted by Gasteiger charge is -2.24. The average molecular weight is 1700 g/mol. The van der Waals surface area contributed by atoms with Gasteiger partial charge in [0, 0.05) is 32.4 Å². The minimum atomic E-state index is -0.141. The van der Waals surface area contributed by atoms with Gasteiger partial charge in [0.2, 0.25) is 0 Å². The normalized spacial score (nSPS) is 13.2. The van der Waals surface area contributed by atoms with Gasteiger partial charge in [0.15, 0.2) is 0 Å². The van der Waals surface area contributed by atoms with Gasteiger partial charge < -0.3 is 8.83 Å². The van der Waals surface area contributed by atoms with Crippen LogP contribution in [0.1, 0.15) is 49.9 Å². The minimum Gasteiger partial charge on any atom is -0.456 e. The first-order valence-electron chi connectivity index (χ1n) is 46.9. The SMILES string of the molecule is CC1(C)c2ccc(-c3ccc4oc5ccc(-c6c7ccccc7c(-c7ccc8c(ccc9ccccc98)c7)c7ccccc67)cc5c4c3)cc2-c2c1c1ccccc1c1ccccc21.CC1(C)c2ccc(-c3ccc4oc5ccc(-c6c7ccccc7c(-c7cccc(-c8cc9ccccc9c9ccccc89)c7)c7ccccc67)cc5c4c3)cc2-c2c1c1ccccc1c1ccccc21. The summed E-state index contributed by atoms with van der Waals surface area (Å²) in [7, 11) is 0. The molecule has 624 valence electrons. The maximum atomic E-state index is 6.62. The molecule has 0 atom stereocenters. The van der Waals surface area contributed by atoms with E-state index in [1.807, 2.05) is 0 Å². The summed E-state index contributed by atoms with van der Waals surface area (Å²) in [4.78, 5) is 0. The van der Waals surface area contributed by atoms with Gasteiger partial charge in [-0.3, -0.25) is 0 Å². The summed E-state index contributed by atoms with van der Waals surface area (Å²) < 4.78 is 13.2. The molecule has 27 aromatic rings. The largest absolute Gasteiger partial charge is 0.456 e. The summed E-state index contributed by atoms with van der Waals surface area (Å²) in [5.74, 6) is 0. The van der Waals surface area contributed by atoms with Crippen LogP contribution < -0.4 is 0 Å². The molecule has 0 aliphatic heterocycles. The molecule has 0 radical (unpaired) electrons. The van der Waals surface area contributed by atoms with Gasteiger partial charge in [-0.1, -0.05) is 386 Å². The summed E-state index contributed by atoms with van der Waals surface area (Å²) in [5.41, 5.74) is 31.3. The van der Waals surface area contributed by atoms with E-state index in [1.54, 1.807) is 0 Å². The fourth-order valence-electron chi connectivity index (χ4n) is 24.4. The lowest BCUT2D eigenvalue weighted by molar-refractivity contribution is 0.666. The number of hydrogen-bond donors (Lipinski definition) is 0. The van der Waals surface area contributed by atoms with Gasteiger partial charge in [-0.05, 0) is 331 Å². The highest BCUT2D eigenvalue weighted by molar-refractivity contribution is 6.27. The van der Waals surface area contributed by atoms with Crippen LogP contribution in [0.4, 0.5) is 0 Å². The second-order valence-corrected chi connectivity index (χ2v) is 38.2. The first-order valence-corrected chi connectivity index (χ1v) is 46.9. The van der Waals surface area contributed by atoms with Gasteiger partial charge in [-0.15, -0.1) is 0 Å². The molecule has 2 heteroatoms. The van der Waals surface area contributed by atoms with Crippen LogP contribution in [0.25, 0.3) is 273 Å². The molecule has 2 nitrogen and oxygen atoms in total. The molecular weight excluding hydrogens is 1620 g/mol.